The van der Waals surface area contributed by atoms with Crippen LogP contribution in [0.2, 0.25) is 0 Å². The Morgan fingerprint density at radius 3 is 2.87 bits per heavy atom. The maximum Gasteiger partial charge on any atom is 0.282 e. The minimum atomic E-state index is -0.585. The Bertz CT molecular complexity index is 551. The normalized spacial score (nSPS) is 10.1. The smallest absolute Gasteiger partial charge is 0.282 e. The fourth-order valence-corrected chi connectivity index (χ4v) is 1.38. The second-order valence-corrected chi connectivity index (χ2v) is 2.98. The Balaban J connectivity index is 2.80. The van der Waals surface area contributed by atoms with Gasteiger partial charge in [0.1, 0.15) is 0 Å². The van der Waals surface area contributed by atoms with Crippen molar-refractivity contribution in [3.8, 4) is 0 Å². The van der Waals surface area contributed by atoms with Crippen LogP contribution < -0.4 is 0 Å². The molecule has 0 radical (unpaired) electrons. The van der Waals surface area contributed by atoms with Gasteiger partial charge in [-0.15, -0.1) is 0 Å². The van der Waals surface area contributed by atoms with Gasteiger partial charge >= 0.3 is 0 Å². The lowest BCUT2D eigenvalue weighted by Gasteiger charge is -1.99. The predicted molar refractivity (Wildman–Crippen MR) is 53.8 cm³/mol. The molecule has 0 aliphatic rings. The molecule has 1 heterocycles. The number of nitro benzene ring substituents is 1. The van der Waals surface area contributed by atoms with Gasteiger partial charge in [0.2, 0.25) is 0 Å². The maximum absolute atomic E-state index is 10.7. The number of carbonyl (C=O) groups is 1. The van der Waals surface area contributed by atoms with E-state index in [0.29, 0.717) is 17.2 Å². The largest absolute Gasteiger partial charge is 0.298 e. The second-order valence-electron chi connectivity index (χ2n) is 2.98. The number of aldehydes is 1. The van der Waals surface area contributed by atoms with E-state index in [9.17, 15) is 14.9 Å². The van der Waals surface area contributed by atoms with E-state index in [2.05, 4.69) is 4.98 Å². The molecular formula is C10H6N2O3. The first-order chi connectivity index (χ1) is 7.22. The van der Waals surface area contributed by atoms with E-state index in [0.717, 1.165) is 0 Å². The van der Waals surface area contributed by atoms with E-state index in [1.165, 1.54) is 12.1 Å². The molecule has 5 nitrogen and oxygen atoms in total. The SMILES string of the molecule is O=Cc1cc2cccnc2cc1[N+](=O)[O-]. The van der Waals surface area contributed by atoms with Crippen molar-refractivity contribution in [1.29, 1.82) is 0 Å². The van der Waals surface area contributed by atoms with Gasteiger partial charge in [-0.25, -0.2) is 0 Å². The summed E-state index contributed by atoms with van der Waals surface area (Å²) in [5.41, 5.74) is 0.367. The molecule has 15 heavy (non-hydrogen) atoms. The number of hydrogen-bond acceptors (Lipinski definition) is 4. The Hall–Kier alpha value is -2.30. The maximum atomic E-state index is 10.7. The molecule has 74 valence electrons. The summed E-state index contributed by atoms with van der Waals surface area (Å²) in [7, 11) is 0. The monoisotopic (exact) mass is 202 g/mol. The Kier molecular flexibility index (Phi) is 2.13. The molecule has 0 amide bonds. The molecule has 2 aromatic rings. The van der Waals surface area contributed by atoms with E-state index in [-0.39, 0.29) is 11.3 Å². The summed E-state index contributed by atoms with van der Waals surface area (Å²) in [6, 6.07) is 6.23. The van der Waals surface area contributed by atoms with Crippen LogP contribution >= 0.6 is 0 Å². The van der Waals surface area contributed by atoms with Gasteiger partial charge in [-0.1, -0.05) is 6.07 Å². The van der Waals surface area contributed by atoms with E-state index < -0.39 is 4.92 Å². The Morgan fingerprint density at radius 1 is 1.40 bits per heavy atom. The van der Waals surface area contributed by atoms with Crippen LogP contribution in [0.1, 0.15) is 10.4 Å². The van der Waals surface area contributed by atoms with Gasteiger partial charge in [-0.05, 0) is 12.1 Å². The van der Waals surface area contributed by atoms with E-state index >= 15 is 0 Å². The van der Waals surface area contributed by atoms with Crippen molar-refractivity contribution in [1.82, 2.24) is 4.98 Å². The van der Waals surface area contributed by atoms with Gasteiger partial charge in [0.25, 0.3) is 5.69 Å². The third-order valence-electron chi connectivity index (χ3n) is 2.08. The van der Waals surface area contributed by atoms with Crippen molar-refractivity contribution < 1.29 is 9.72 Å². The third-order valence-corrected chi connectivity index (χ3v) is 2.08. The molecule has 0 N–H and O–H groups in total. The zero-order valence-corrected chi connectivity index (χ0v) is 7.58. The first-order valence-electron chi connectivity index (χ1n) is 4.20. The van der Waals surface area contributed by atoms with E-state index in [1.54, 1.807) is 18.3 Å². The first-order valence-corrected chi connectivity index (χ1v) is 4.20. The number of nitrogens with zero attached hydrogens (tertiary/aromatic N) is 2. The highest BCUT2D eigenvalue weighted by molar-refractivity contribution is 5.91. The zero-order valence-electron chi connectivity index (χ0n) is 7.58. The van der Waals surface area contributed by atoms with Crippen molar-refractivity contribution in [2.24, 2.45) is 0 Å². The summed E-state index contributed by atoms with van der Waals surface area (Å²) in [6.45, 7) is 0. The molecule has 0 saturated heterocycles. The van der Waals surface area contributed by atoms with Crippen molar-refractivity contribution in [2.45, 2.75) is 0 Å². The molecule has 0 atom stereocenters. The van der Waals surface area contributed by atoms with E-state index in [1.807, 2.05) is 0 Å². The molecule has 0 saturated carbocycles. The van der Waals surface area contributed by atoms with Crippen molar-refractivity contribution in [2.75, 3.05) is 0 Å². The lowest BCUT2D eigenvalue weighted by molar-refractivity contribution is -0.384. The first kappa shape index (κ1) is 9.26. The second kappa shape index (κ2) is 3.45. The van der Waals surface area contributed by atoms with Crippen LogP contribution in [0.3, 0.4) is 0 Å². The number of nitro groups is 1. The molecule has 0 fully saturated rings. The number of fused-ring (bicyclic) bond motifs is 1. The van der Waals surface area contributed by atoms with Crippen molar-refractivity contribution >= 4 is 22.9 Å². The van der Waals surface area contributed by atoms with Crippen LogP contribution in [0.4, 0.5) is 5.69 Å². The Labute approximate surface area is 84.5 Å². The van der Waals surface area contributed by atoms with Crippen molar-refractivity contribution in [3.63, 3.8) is 0 Å². The molecule has 2 rings (SSSR count). The summed E-state index contributed by atoms with van der Waals surface area (Å²) in [5, 5.41) is 11.4. The standard InChI is InChI=1S/C10H6N2O3/c13-6-8-4-7-2-1-3-11-9(7)5-10(8)12(14)15/h1-6H. The number of hydrogen-bond donors (Lipinski definition) is 0. The van der Waals surface area contributed by atoms with Gasteiger partial charge in [0.15, 0.2) is 6.29 Å². The highest BCUT2D eigenvalue weighted by Gasteiger charge is 2.14. The predicted octanol–water partition coefficient (Wildman–Crippen LogP) is 1.96. The van der Waals surface area contributed by atoms with Gasteiger partial charge in [0.05, 0.1) is 16.0 Å². The highest BCUT2D eigenvalue weighted by atomic mass is 16.6. The molecule has 1 aromatic carbocycles. The number of pyridine rings is 1. The molecular weight excluding hydrogens is 196 g/mol. The van der Waals surface area contributed by atoms with Crippen LogP contribution in [0.15, 0.2) is 30.5 Å². The fourth-order valence-electron chi connectivity index (χ4n) is 1.38. The summed E-state index contributed by atoms with van der Waals surface area (Å²) >= 11 is 0. The van der Waals surface area contributed by atoms with Crippen LogP contribution in [0, 0.1) is 10.1 Å². The van der Waals surface area contributed by atoms with Crippen LogP contribution in [-0.4, -0.2) is 16.2 Å². The summed E-state index contributed by atoms with van der Waals surface area (Å²) < 4.78 is 0. The van der Waals surface area contributed by atoms with Crippen molar-refractivity contribution in [3.05, 3.63) is 46.1 Å². The number of benzene rings is 1. The van der Waals surface area contributed by atoms with Gasteiger partial charge in [-0.3, -0.25) is 19.9 Å². The van der Waals surface area contributed by atoms with Crippen LogP contribution in [0.25, 0.3) is 10.9 Å². The summed E-state index contributed by atoms with van der Waals surface area (Å²) in [6.07, 6.45) is 2.03. The quantitative estimate of drug-likeness (QED) is 0.424. The Morgan fingerprint density at radius 2 is 2.20 bits per heavy atom. The minimum Gasteiger partial charge on any atom is -0.298 e. The minimum absolute atomic E-state index is 0.0699. The molecule has 0 bridgehead atoms. The lowest BCUT2D eigenvalue weighted by atomic mass is 10.1. The lowest BCUT2D eigenvalue weighted by Crippen LogP contribution is -1.94. The summed E-state index contributed by atoms with van der Waals surface area (Å²) in [5.74, 6) is 0. The molecule has 0 aliphatic heterocycles. The molecule has 1 aromatic heterocycles. The number of aromatic nitrogens is 1. The number of rotatable bonds is 2. The molecule has 0 unspecified atom stereocenters. The van der Waals surface area contributed by atoms with Gasteiger partial charge in [-0.2, -0.15) is 0 Å². The zero-order chi connectivity index (χ0) is 10.8. The number of carbonyl (C=O) groups excluding carboxylic acids is 1. The van der Waals surface area contributed by atoms with Gasteiger partial charge < -0.3 is 0 Å². The topological polar surface area (TPSA) is 73.1 Å². The average Bonchev–Trinajstić information content (AvgIpc) is 2.27. The van der Waals surface area contributed by atoms with Crippen LogP contribution in [0.5, 0.6) is 0 Å². The highest BCUT2D eigenvalue weighted by Crippen LogP contribution is 2.22. The summed E-state index contributed by atoms with van der Waals surface area (Å²) in [4.78, 5) is 24.7. The average molecular weight is 202 g/mol. The molecule has 0 spiro atoms. The fraction of sp³-hybridized carbons (Fsp3) is 0. The molecule has 0 aliphatic carbocycles. The molecule has 5 heteroatoms. The van der Waals surface area contributed by atoms with E-state index in [4.69, 9.17) is 0 Å². The van der Waals surface area contributed by atoms with Gasteiger partial charge in [0, 0.05) is 17.6 Å². The third kappa shape index (κ3) is 1.54. The van der Waals surface area contributed by atoms with Crippen LogP contribution in [-0.2, 0) is 0 Å².